The lowest BCUT2D eigenvalue weighted by Crippen LogP contribution is -2.40. The molecule has 4 heteroatoms. The highest BCUT2D eigenvalue weighted by Gasteiger charge is 2.18. The van der Waals surface area contributed by atoms with E-state index in [0.717, 1.165) is 15.4 Å². The Morgan fingerprint density at radius 2 is 1.78 bits per heavy atom. The van der Waals surface area contributed by atoms with E-state index in [4.69, 9.17) is 0 Å². The van der Waals surface area contributed by atoms with E-state index in [-0.39, 0.29) is 11.7 Å². The average molecular weight is 380 g/mol. The van der Waals surface area contributed by atoms with Crippen molar-refractivity contribution in [3.63, 3.8) is 0 Å². The number of amides is 1. The fourth-order valence-corrected chi connectivity index (χ4v) is 2.80. The first-order chi connectivity index (χ1) is 12.8. The summed E-state index contributed by atoms with van der Waals surface area (Å²) in [6.45, 7) is 14.6. The summed E-state index contributed by atoms with van der Waals surface area (Å²) in [5.74, 6) is 5.76. The molecule has 1 N–H and O–H groups in total. The van der Waals surface area contributed by atoms with Gasteiger partial charge < -0.3 is 5.32 Å². The lowest BCUT2D eigenvalue weighted by atomic mass is 10.1. The topological polar surface area (TPSA) is 46.2 Å². The van der Waals surface area contributed by atoms with Crippen molar-refractivity contribution in [1.29, 1.82) is 0 Å². The Morgan fingerprint density at radius 3 is 2.22 bits per heavy atom. The van der Waals surface area contributed by atoms with Gasteiger partial charge in [-0.2, -0.15) is 0 Å². The molecule has 0 bridgehead atoms. The van der Waals surface area contributed by atoms with Gasteiger partial charge in [-0.25, -0.2) is 0 Å². The zero-order valence-corrected chi connectivity index (χ0v) is 17.1. The van der Waals surface area contributed by atoms with E-state index in [0.29, 0.717) is 11.1 Å². The minimum atomic E-state index is -0.670. The Morgan fingerprint density at radius 1 is 1.15 bits per heavy atom. The Kier molecular flexibility index (Phi) is 9.12. The van der Waals surface area contributed by atoms with E-state index < -0.39 is 6.04 Å². The number of thioether (sulfide) groups is 1. The van der Waals surface area contributed by atoms with E-state index >= 15 is 0 Å². The van der Waals surface area contributed by atoms with E-state index in [1.54, 1.807) is 49.0 Å². The molecule has 3 nitrogen and oxygen atoms in total. The largest absolute Gasteiger partial charge is 0.338 e. The molecule has 1 aromatic rings. The van der Waals surface area contributed by atoms with Crippen LogP contribution in [0.5, 0.6) is 0 Å². The second kappa shape index (κ2) is 11.1. The summed E-state index contributed by atoms with van der Waals surface area (Å²) in [5, 5.41) is 2.69. The van der Waals surface area contributed by atoms with Crippen LogP contribution in [0, 0.1) is 11.8 Å². The molecule has 0 saturated carbocycles. The van der Waals surface area contributed by atoms with E-state index in [9.17, 15) is 9.59 Å². The molecule has 0 heterocycles. The van der Waals surface area contributed by atoms with Gasteiger partial charge in [0.15, 0.2) is 5.78 Å². The molecular weight excluding hydrogens is 354 g/mol. The highest BCUT2D eigenvalue weighted by Crippen LogP contribution is 2.25. The van der Waals surface area contributed by atoms with Crippen molar-refractivity contribution in [2.45, 2.75) is 33.7 Å². The molecule has 0 aliphatic carbocycles. The summed E-state index contributed by atoms with van der Waals surface area (Å²) in [7, 11) is 0. The maximum absolute atomic E-state index is 12.3. The maximum atomic E-state index is 12.3. The Balaban J connectivity index is 2.88. The molecule has 0 spiro atoms. The van der Waals surface area contributed by atoms with E-state index in [1.165, 1.54) is 6.92 Å². The Hall–Kier alpha value is -2.77. The van der Waals surface area contributed by atoms with Crippen molar-refractivity contribution >= 4 is 23.5 Å². The molecule has 0 aliphatic heterocycles. The molecule has 0 aromatic heterocycles. The van der Waals surface area contributed by atoms with Crippen LogP contribution in [-0.2, 0) is 4.79 Å². The summed E-state index contributed by atoms with van der Waals surface area (Å²) in [5.41, 5.74) is 1.88. The number of allylic oxidation sites excluding steroid dienone is 4. The van der Waals surface area contributed by atoms with E-state index in [1.807, 2.05) is 26.0 Å². The monoisotopic (exact) mass is 379 g/mol. The predicted molar refractivity (Wildman–Crippen MR) is 115 cm³/mol. The highest BCUT2D eigenvalue weighted by atomic mass is 32.2. The van der Waals surface area contributed by atoms with Gasteiger partial charge in [0.1, 0.15) is 6.04 Å². The van der Waals surface area contributed by atoms with Gasteiger partial charge >= 0.3 is 0 Å². The molecule has 1 aromatic carbocycles. The molecule has 0 aliphatic rings. The average Bonchev–Trinajstić information content (AvgIpc) is 2.66. The van der Waals surface area contributed by atoms with Gasteiger partial charge in [-0.15, -0.1) is 0 Å². The molecular formula is C23H25NO2S. The van der Waals surface area contributed by atoms with Crippen molar-refractivity contribution in [3.05, 3.63) is 82.2 Å². The predicted octanol–water partition coefficient (Wildman–Crippen LogP) is 5.03. The summed E-state index contributed by atoms with van der Waals surface area (Å²) < 4.78 is 0. The van der Waals surface area contributed by atoms with Crippen molar-refractivity contribution < 1.29 is 9.59 Å². The summed E-state index contributed by atoms with van der Waals surface area (Å²) in [6.07, 6.45) is 5.73. The van der Waals surface area contributed by atoms with Crippen molar-refractivity contribution in [1.82, 2.24) is 5.32 Å². The standard InChI is InChI=1S/C23H25NO2S/c1-7-20(8-2)27-21(9-3)15-12-18-10-13-19(14-11-18)23(26)24-22(16(4)5)17(6)25/h7-11,13-14,22H,1,4H2,2-3,5-6H3,(H,24,26)/b20-8+,21-9-/t22-/m0/s1. The maximum Gasteiger partial charge on any atom is 0.252 e. The van der Waals surface area contributed by atoms with Crippen LogP contribution in [0.4, 0.5) is 0 Å². The van der Waals surface area contributed by atoms with Crippen molar-refractivity contribution in [2.75, 3.05) is 0 Å². The van der Waals surface area contributed by atoms with Gasteiger partial charge in [-0.1, -0.05) is 60.6 Å². The third kappa shape index (κ3) is 7.16. The molecule has 0 saturated heterocycles. The van der Waals surface area contributed by atoms with Crippen LogP contribution in [0.3, 0.4) is 0 Å². The van der Waals surface area contributed by atoms with Crippen LogP contribution in [-0.4, -0.2) is 17.7 Å². The first-order valence-electron chi connectivity index (χ1n) is 8.54. The summed E-state index contributed by atoms with van der Waals surface area (Å²) in [6, 6.07) is 6.29. The second-order valence-corrected chi connectivity index (χ2v) is 6.96. The molecule has 1 amide bonds. The number of carbonyl (C=O) groups excluding carboxylic acids is 2. The van der Waals surface area contributed by atoms with Gasteiger partial charge in [-0.05, 0) is 52.0 Å². The fourth-order valence-electron chi connectivity index (χ4n) is 2.13. The zero-order chi connectivity index (χ0) is 20.4. The van der Waals surface area contributed by atoms with Gasteiger partial charge in [0.2, 0.25) is 0 Å². The number of benzene rings is 1. The lowest BCUT2D eigenvalue weighted by Gasteiger charge is -2.15. The normalized spacial score (nSPS) is 12.4. The second-order valence-electron chi connectivity index (χ2n) is 5.84. The van der Waals surface area contributed by atoms with Gasteiger partial charge in [0.05, 0.1) is 4.91 Å². The Bertz CT molecular complexity index is 835. The highest BCUT2D eigenvalue weighted by molar-refractivity contribution is 8.07. The van der Waals surface area contributed by atoms with Gasteiger partial charge in [0.25, 0.3) is 5.91 Å². The first-order valence-corrected chi connectivity index (χ1v) is 9.35. The number of rotatable bonds is 7. The summed E-state index contributed by atoms with van der Waals surface area (Å²) in [4.78, 5) is 25.9. The van der Waals surface area contributed by atoms with Crippen molar-refractivity contribution in [2.24, 2.45) is 0 Å². The number of hydrogen-bond acceptors (Lipinski definition) is 3. The van der Waals surface area contributed by atoms with Crippen LogP contribution in [0.25, 0.3) is 0 Å². The third-order valence-corrected chi connectivity index (χ3v) is 4.82. The lowest BCUT2D eigenvalue weighted by molar-refractivity contribution is -0.117. The van der Waals surface area contributed by atoms with Crippen LogP contribution >= 0.6 is 11.8 Å². The van der Waals surface area contributed by atoms with Crippen LogP contribution in [0.2, 0.25) is 0 Å². The van der Waals surface area contributed by atoms with Gasteiger partial charge in [0, 0.05) is 16.0 Å². The Labute approximate surface area is 166 Å². The number of ketones is 1. The third-order valence-electron chi connectivity index (χ3n) is 3.63. The molecule has 0 unspecified atom stereocenters. The van der Waals surface area contributed by atoms with Gasteiger partial charge in [-0.3, -0.25) is 9.59 Å². The molecule has 0 radical (unpaired) electrons. The molecule has 1 rings (SSSR count). The van der Waals surface area contributed by atoms with Crippen LogP contribution in [0.1, 0.15) is 43.6 Å². The number of nitrogens with one attached hydrogen (secondary N) is 1. The fraction of sp³-hybridized carbons (Fsp3) is 0.217. The zero-order valence-electron chi connectivity index (χ0n) is 16.3. The molecule has 140 valence electrons. The van der Waals surface area contributed by atoms with Crippen LogP contribution in [0.15, 0.2) is 71.0 Å². The van der Waals surface area contributed by atoms with Crippen LogP contribution < -0.4 is 5.32 Å². The molecule has 27 heavy (non-hydrogen) atoms. The number of carbonyl (C=O) groups is 2. The SMILES string of the molecule is C=C/C(=C\C)S/C(C#Cc1ccc(C(=O)N[C@@H](C(=C)C)C(C)=O)cc1)=C\C. The van der Waals surface area contributed by atoms with E-state index in [2.05, 4.69) is 30.3 Å². The minimum absolute atomic E-state index is 0.144. The first kappa shape index (κ1) is 22.3. The smallest absolute Gasteiger partial charge is 0.252 e. The minimum Gasteiger partial charge on any atom is -0.338 e. The quantitative estimate of drug-likeness (QED) is 0.411. The summed E-state index contributed by atoms with van der Waals surface area (Å²) >= 11 is 1.56. The molecule has 0 fully saturated rings. The van der Waals surface area contributed by atoms with Crippen molar-refractivity contribution in [3.8, 4) is 11.8 Å². The molecule has 1 atom stereocenters. The number of Topliss-reactive ketones (excluding diaryl/α,β-unsaturated/α-hetero) is 1. The number of hydrogen-bond donors (Lipinski definition) is 1.